The molecule has 6 rings (SSSR count). The third kappa shape index (κ3) is 5.80. The lowest BCUT2D eigenvalue weighted by Crippen LogP contribution is -2.35. The third-order valence-corrected chi connectivity index (χ3v) is 7.50. The van der Waals surface area contributed by atoms with E-state index >= 15 is 0 Å². The summed E-state index contributed by atoms with van der Waals surface area (Å²) < 4.78 is 5.45. The van der Waals surface area contributed by atoms with Crippen molar-refractivity contribution in [1.29, 1.82) is 0 Å². The van der Waals surface area contributed by atoms with Crippen molar-refractivity contribution in [3.05, 3.63) is 95.0 Å². The Kier molecular flexibility index (Phi) is 7.27. The number of nitrogens with zero attached hydrogens (tertiary/aromatic N) is 4. The molecule has 9 heteroatoms. The quantitative estimate of drug-likeness (QED) is 0.268. The minimum Gasteiger partial charge on any atom is -0.379 e. The first-order chi connectivity index (χ1) is 19.1. The smallest absolute Gasteiger partial charge is 0.255 e. The number of carbonyl (C=O) groups excluding carboxylic acids is 1. The number of carbonyl (C=O) groups is 1. The van der Waals surface area contributed by atoms with Gasteiger partial charge < -0.3 is 15.4 Å². The van der Waals surface area contributed by atoms with Crippen molar-refractivity contribution in [3.8, 4) is 11.4 Å². The summed E-state index contributed by atoms with van der Waals surface area (Å²) in [5.74, 6) is 0.331. The van der Waals surface area contributed by atoms with Crippen LogP contribution in [0.3, 0.4) is 0 Å². The zero-order valence-electron chi connectivity index (χ0n) is 21.6. The molecule has 4 heterocycles. The lowest BCUT2D eigenvalue weighted by atomic mass is 10.1. The van der Waals surface area contributed by atoms with Crippen LogP contribution in [0.5, 0.6) is 0 Å². The summed E-state index contributed by atoms with van der Waals surface area (Å²) in [6.45, 7) is 6.22. The lowest BCUT2D eigenvalue weighted by Gasteiger charge is -2.26. The second-order valence-corrected chi connectivity index (χ2v) is 10.3. The number of benzene rings is 2. The molecule has 1 aliphatic rings. The Morgan fingerprint density at radius 1 is 1.03 bits per heavy atom. The summed E-state index contributed by atoms with van der Waals surface area (Å²) in [6, 6.07) is 21.3. The molecular weight excluding hydrogens is 508 g/mol. The molecule has 0 atom stereocenters. The average Bonchev–Trinajstić information content (AvgIpc) is 3.44. The number of rotatable bonds is 7. The van der Waals surface area contributed by atoms with Crippen molar-refractivity contribution in [3.63, 3.8) is 0 Å². The molecule has 1 amide bonds. The fourth-order valence-electron chi connectivity index (χ4n) is 4.56. The Hall–Kier alpha value is -4.18. The summed E-state index contributed by atoms with van der Waals surface area (Å²) in [7, 11) is 0. The molecule has 2 N–H and O–H groups in total. The lowest BCUT2D eigenvalue weighted by molar-refractivity contribution is 0.0342. The second kappa shape index (κ2) is 11.3. The zero-order chi connectivity index (χ0) is 26.6. The van der Waals surface area contributed by atoms with Gasteiger partial charge in [0.1, 0.15) is 10.5 Å². The van der Waals surface area contributed by atoms with E-state index in [0.29, 0.717) is 11.5 Å². The van der Waals surface area contributed by atoms with Gasteiger partial charge in [-0.25, -0.2) is 9.97 Å². The van der Waals surface area contributed by atoms with E-state index in [9.17, 15) is 4.79 Å². The molecule has 0 unspecified atom stereocenters. The maximum Gasteiger partial charge on any atom is 0.255 e. The topological polar surface area (TPSA) is 92.3 Å². The van der Waals surface area contributed by atoms with Crippen LogP contribution in [0.4, 0.5) is 17.3 Å². The van der Waals surface area contributed by atoms with Crippen LogP contribution in [0.1, 0.15) is 21.5 Å². The van der Waals surface area contributed by atoms with Crippen molar-refractivity contribution in [2.75, 3.05) is 36.9 Å². The number of nitrogens with one attached hydrogen (secondary N) is 2. The summed E-state index contributed by atoms with van der Waals surface area (Å²) in [5, 5.41) is 9.34. The van der Waals surface area contributed by atoms with Gasteiger partial charge in [-0.2, -0.15) is 0 Å². The Bertz CT molecular complexity index is 1600. The molecule has 1 aliphatic heterocycles. The monoisotopic (exact) mass is 536 g/mol. The minimum absolute atomic E-state index is 0.151. The van der Waals surface area contributed by atoms with Crippen LogP contribution in [0, 0.1) is 6.92 Å². The molecule has 0 spiro atoms. The molecule has 0 aliphatic carbocycles. The van der Waals surface area contributed by atoms with Crippen LogP contribution >= 0.6 is 11.3 Å². The number of ether oxygens (including phenoxy) is 1. The highest BCUT2D eigenvalue weighted by atomic mass is 32.1. The molecule has 5 aromatic rings. The van der Waals surface area contributed by atoms with Gasteiger partial charge in [0.05, 0.1) is 18.9 Å². The molecule has 3 aromatic heterocycles. The van der Waals surface area contributed by atoms with Crippen molar-refractivity contribution in [2.24, 2.45) is 0 Å². The number of anilines is 3. The Labute approximate surface area is 230 Å². The first-order valence-corrected chi connectivity index (χ1v) is 13.7. The van der Waals surface area contributed by atoms with Crippen LogP contribution in [0.2, 0.25) is 0 Å². The van der Waals surface area contributed by atoms with E-state index in [4.69, 9.17) is 9.72 Å². The van der Waals surface area contributed by atoms with E-state index in [2.05, 4.69) is 43.7 Å². The van der Waals surface area contributed by atoms with Gasteiger partial charge in [0.25, 0.3) is 5.91 Å². The fraction of sp³-hybridized carbons (Fsp3) is 0.200. The molecule has 0 bridgehead atoms. The molecule has 39 heavy (non-hydrogen) atoms. The van der Waals surface area contributed by atoms with E-state index in [0.717, 1.165) is 71.4 Å². The van der Waals surface area contributed by atoms with E-state index < -0.39 is 0 Å². The number of aromatic nitrogens is 3. The summed E-state index contributed by atoms with van der Waals surface area (Å²) in [4.78, 5) is 30.2. The van der Waals surface area contributed by atoms with Gasteiger partial charge >= 0.3 is 0 Å². The fourth-order valence-corrected chi connectivity index (χ4v) is 5.32. The number of aryl methyl sites for hydroxylation is 1. The molecular formula is C30H28N6O2S. The predicted molar refractivity (Wildman–Crippen MR) is 156 cm³/mol. The average molecular weight is 537 g/mol. The number of pyridine rings is 1. The maximum absolute atomic E-state index is 13.1. The zero-order valence-corrected chi connectivity index (χ0v) is 22.4. The predicted octanol–water partition coefficient (Wildman–Crippen LogP) is 5.89. The van der Waals surface area contributed by atoms with Gasteiger partial charge in [0.15, 0.2) is 0 Å². The largest absolute Gasteiger partial charge is 0.379 e. The minimum atomic E-state index is -0.151. The Balaban J connectivity index is 1.16. The van der Waals surface area contributed by atoms with Gasteiger partial charge in [-0.3, -0.25) is 14.7 Å². The van der Waals surface area contributed by atoms with Crippen molar-refractivity contribution >= 4 is 44.8 Å². The van der Waals surface area contributed by atoms with Crippen LogP contribution < -0.4 is 10.6 Å². The number of fused-ring (bicyclic) bond motifs is 1. The van der Waals surface area contributed by atoms with Gasteiger partial charge in [-0.1, -0.05) is 18.2 Å². The third-order valence-electron chi connectivity index (χ3n) is 6.70. The Morgan fingerprint density at radius 2 is 1.87 bits per heavy atom. The number of hydrogen-bond acceptors (Lipinski definition) is 8. The van der Waals surface area contributed by atoms with E-state index in [1.54, 1.807) is 29.7 Å². The molecule has 8 nitrogen and oxygen atoms in total. The highest BCUT2D eigenvalue weighted by Gasteiger charge is 2.14. The SMILES string of the molecule is Cc1ccc(CN2CCOCC2)cc1NC(=O)c1ccc(Nc2nc(-c3ccccn3)c3ccsc3n2)cc1. The second-order valence-electron chi connectivity index (χ2n) is 9.44. The maximum atomic E-state index is 13.1. The van der Waals surface area contributed by atoms with Crippen molar-refractivity contribution < 1.29 is 9.53 Å². The molecule has 0 radical (unpaired) electrons. The Morgan fingerprint density at radius 3 is 2.67 bits per heavy atom. The van der Waals surface area contributed by atoms with Gasteiger partial charge in [-0.05, 0) is 72.0 Å². The van der Waals surface area contributed by atoms with Crippen LogP contribution in [0.25, 0.3) is 21.6 Å². The molecule has 2 aromatic carbocycles. The van der Waals surface area contributed by atoms with Crippen molar-refractivity contribution in [2.45, 2.75) is 13.5 Å². The van der Waals surface area contributed by atoms with Crippen molar-refractivity contribution in [1.82, 2.24) is 19.9 Å². The molecule has 1 fully saturated rings. The van der Waals surface area contributed by atoms with Gasteiger partial charge in [-0.15, -0.1) is 11.3 Å². The van der Waals surface area contributed by atoms with Crippen LogP contribution in [-0.2, 0) is 11.3 Å². The van der Waals surface area contributed by atoms with Gasteiger partial charge in [0, 0.05) is 48.2 Å². The highest BCUT2D eigenvalue weighted by Crippen LogP contribution is 2.30. The first-order valence-electron chi connectivity index (χ1n) is 12.9. The van der Waals surface area contributed by atoms with Crippen LogP contribution in [-0.4, -0.2) is 52.1 Å². The highest BCUT2D eigenvalue weighted by molar-refractivity contribution is 7.16. The van der Waals surface area contributed by atoms with E-state index in [1.807, 2.05) is 48.7 Å². The first kappa shape index (κ1) is 25.1. The number of hydrogen-bond donors (Lipinski definition) is 2. The van der Waals surface area contributed by atoms with E-state index in [1.165, 1.54) is 5.56 Å². The molecule has 1 saturated heterocycles. The van der Waals surface area contributed by atoms with Gasteiger partial charge in [0.2, 0.25) is 5.95 Å². The summed E-state index contributed by atoms with van der Waals surface area (Å²) in [5.41, 5.74) is 5.96. The standard InChI is InChI=1S/C30H28N6O2S/c1-20-5-6-21(19-36-13-15-38-16-14-36)18-26(20)33-28(37)22-7-9-23(10-8-22)32-30-34-27(25-4-2-3-12-31-25)24-11-17-39-29(24)35-30/h2-12,17-18H,13-16,19H2,1H3,(H,33,37)(H,32,34,35). The summed E-state index contributed by atoms with van der Waals surface area (Å²) in [6.07, 6.45) is 1.76. The number of thiophene rings is 1. The normalized spacial score (nSPS) is 13.9. The number of amides is 1. The summed E-state index contributed by atoms with van der Waals surface area (Å²) >= 11 is 1.56. The number of morpholine rings is 1. The van der Waals surface area contributed by atoms with Crippen LogP contribution in [0.15, 0.2) is 78.3 Å². The molecule has 0 saturated carbocycles. The molecule has 196 valence electrons. The van der Waals surface area contributed by atoms with E-state index in [-0.39, 0.29) is 5.91 Å².